The largest absolute Gasteiger partial charge is 0.462 e. The molecule has 0 aliphatic rings. The summed E-state index contributed by atoms with van der Waals surface area (Å²) in [7, 11) is 0. The Morgan fingerprint density at radius 1 is 0.253 bits per heavy atom. The third kappa shape index (κ3) is 69.3. The van der Waals surface area contributed by atoms with E-state index in [0.29, 0.717) is 19.3 Å². The predicted octanol–water partition coefficient (Wildman–Crippen LogP) is 25.0. The zero-order chi connectivity index (χ0) is 59.9. The van der Waals surface area contributed by atoms with Crippen molar-refractivity contribution in [3.63, 3.8) is 0 Å². The van der Waals surface area contributed by atoms with Gasteiger partial charge in [-0.25, -0.2) is 0 Å². The third-order valence-electron chi connectivity index (χ3n) is 15.9. The molecular formula is C77H136O6. The zero-order valence-corrected chi connectivity index (χ0v) is 55.2. The summed E-state index contributed by atoms with van der Waals surface area (Å²) in [5, 5.41) is 0. The molecule has 1 atom stereocenters. The summed E-state index contributed by atoms with van der Waals surface area (Å²) >= 11 is 0. The molecule has 0 bridgehead atoms. The Balaban J connectivity index is 4.25. The lowest BCUT2D eigenvalue weighted by Gasteiger charge is -2.18. The highest BCUT2D eigenvalue weighted by Crippen LogP contribution is 2.17. The van der Waals surface area contributed by atoms with E-state index in [1.807, 2.05) is 0 Å². The van der Waals surface area contributed by atoms with Crippen LogP contribution in [0.1, 0.15) is 367 Å². The van der Waals surface area contributed by atoms with E-state index in [2.05, 4.69) is 106 Å². The molecule has 0 aliphatic heterocycles. The molecule has 0 rings (SSSR count). The molecule has 6 heteroatoms. The Labute approximate surface area is 515 Å². The van der Waals surface area contributed by atoms with Crippen molar-refractivity contribution in [2.45, 2.75) is 374 Å². The predicted molar refractivity (Wildman–Crippen MR) is 362 cm³/mol. The molecule has 0 spiro atoms. The molecule has 0 aromatic heterocycles. The van der Waals surface area contributed by atoms with Crippen LogP contribution in [-0.4, -0.2) is 37.2 Å². The lowest BCUT2D eigenvalue weighted by molar-refractivity contribution is -0.167. The molecule has 6 nitrogen and oxygen atoms in total. The monoisotopic (exact) mass is 1160 g/mol. The van der Waals surface area contributed by atoms with Crippen molar-refractivity contribution in [3.8, 4) is 0 Å². The topological polar surface area (TPSA) is 78.9 Å². The summed E-state index contributed by atoms with van der Waals surface area (Å²) in [5.41, 5.74) is 0. The van der Waals surface area contributed by atoms with Gasteiger partial charge in [-0.3, -0.25) is 14.4 Å². The second-order valence-corrected chi connectivity index (χ2v) is 24.1. The van der Waals surface area contributed by atoms with Crippen LogP contribution in [0.5, 0.6) is 0 Å². The SMILES string of the molecule is CC/C=C\C/C=C\C/C=C\C/C=C\C/C=C\CCCCCCCCCCCCCCCCCC(=O)OCC(COC(=O)CCCCCCC/C=C\CCCCCCCCC)OC(=O)CCCCCCCCC/C=C\CCCCCCCCC. The van der Waals surface area contributed by atoms with E-state index < -0.39 is 6.10 Å². The number of hydrogen-bond acceptors (Lipinski definition) is 6. The van der Waals surface area contributed by atoms with Crippen LogP contribution in [0.25, 0.3) is 0 Å². The normalized spacial score (nSPS) is 12.6. The molecule has 480 valence electrons. The minimum absolute atomic E-state index is 0.0773. The van der Waals surface area contributed by atoms with Gasteiger partial charge >= 0.3 is 17.9 Å². The van der Waals surface area contributed by atoms with E-state index in [9.17, 15) is 14.4 Å². The lowest BCUT2D eigenvalue weighted by Crippen LogP contribution is -2.30. The Kier molecular flexibility index (Phi) is 68.2. The lowest BCUT2D eigenvalue weighted by atomic mass is 10.0. The van der Waals surface area contributed by atoms with E-state index >= 15 is 0 Å². The fourth-order valence-electron chi connectivity index (χ4n) is 10.5. The quantitative estimate of drug-likeness (QED) is 0.0261. The average Bonchev–Trinajstić information content (AvgIpc) is 3.49. The van der Waals surface area contributed by atoms with Crippen LogP contribution in [0.4, 0.5) is 0 Å². The minimum atomic E-state index is -0.782. The molecule has 0 fully saturated rings. The van der Waals surface area contributed by atoms with E-state index in [1.165, 1.54) is 231 Å². The third-order valence-corrected chi connectivity index (χ3v) is 15.9. The van der Waals surface area contributed by atoms with Crippen molar-refractivity contribution >= 4 is 17.9 Å². The molecule has 1 unspecified atom stereocenters. The van der Waals surface area contributed by atoms with E-state index in [0.717, 1.165) is 96.3 Å². The molecule has 0 saturated carbocycles. The van der Waals surface area contributed by atoms with Crippen LogP contribution in [0.2, 0.25) is 0 Å². The molecular weight excluding hydrogens is 1020 g/mol. The van der Waals surface area contributed by atoms with Crippen LogP contribution < -0.4 is 0 Å². The molecule has 0 amide bonds. The summed E-state index contributed by atoms with van der Waals surface area (Å²) in [6.07, 6.45) is 94.7. The van der Waals surface area contributed by atoms with Crippen LogP contribution >= 0.6 is 0 Å². The van der Waals surface area contributed by atoms with Crippen LogP contribution in [0, 0.1) is 0 Å². The number of allylic oxidation sites excluding steroid dienone is 14. The zero-order valence-electron chi connectivity index (χ0n) is 55.2. The maximum atomic E-state index is 13.0. The molecule has 0 radical (unpaired) electrons. The number of hydrogen-bond donors (Lipinski definition) is 0. The number of unbranched alkanes of at least 4 members (excludes halogenated alkanes) is 41. The molecule has 0 aromatic rings. The van der Waals surface area contributed by atoms with Crippen molar-refractivity contribution in [2.75, 3.05) is 13.2 Å². The molecule has 0 N–H and O–H groups in total. The van der Waals surface area contributed by atoms with Crippen LogP contribution in [-0.2, 0) is 28.6 Å². The Bertz CT molecular complexity index is 1570. The van der Waals surface area contributed by atoms with Crippen molar-refractivity contribution in [1.82, 2.24) is 0 Å². The second kappa shape index (κ2) is 71.1. The summed E-state index contributed by atoms with van der Waals surface area (Å²) in [5.74, 6) is -0.870. The van der Waals surface area contributed by atoms with Gasteiger partial charge in [-0.05, 0) is 116 Å². The number of rotatable bonds is 66. The van der Waals surface area contributed by atoms with Gasteiger partial charge in [0.15, 0.2) is 6.10 Å². The van der Waals surface area contributed by atoms with Crippen LogP contribution in [0.3, 0.4) is 0 Å². The molecule has 0 aromatic carbocycles. The summed E-state index contributed by atoms with van der Waals surface area (Å²) in [6, 6.07) is 0. The maximum Gasteiger partial charge on any atom is 0.306 e. The first-order valence-electron chi connectivity index (χ1n) is 36.1. The number of carbonyl (C=O) groups excluding carboxylic acids is 3. The van der Waals surface area contributed by atoms with Crippen molar-refractivity contribution in [3.05, 3.63) is 85.1 Å². The summed E-state index contributed by atoms with van der Waals surface area (Å²) in [4.78, 5) is 38.5. The standard InChI is InChI=1S/C77H136O6/c1-4-7-10-13-16-19-22-25-28-31-33-34-35-36-37-38-39-40-41-42-43-44-45-47-49-52-55-58-61-64-67-70-76(79)82-73-74(72-81-75(78)69-66-63-60-57-54-51-48-30-27-24-21-18-15-12-9-6-3)83-77(80)71-68-65-62-59-56-53-50-46-32-29-26-23-20-17-14-11-8-5-2/h7,10,16,19,25,28-30,32-34,36-37,48,74H,4-6,8-9,11-15,17-18,20-24,26-27,31,35,38-47,49-73H2,1-3H3/b10-7-,19-16-,28-25-,32-29-,34-33-,37-36-,48-30-. The van der Waals surface area contributed by atoms with Gasteiger partial charge in [0, 0.05) is 19.3 Å². The van der Waals surface area contributed by atoms with Gasteiger partial charge in [-0.15, -0.1) is 0 Å². The fourth-order valence-corrected chi connectivity index (χ4v) is 10.5. The van der Waals surface area contributed by atoms with Crippen molar-refractivity contribution in [2.24, 2.45) is 0 Å². The molecule has 0 saturated heterocycles. The van der Waals surface area contributed by atoms with Gasteiger partial charge in [-0.2, -0.15) is 0 Å². The number of carbonyl (C=O) groups is 3. The average molecular weight is 1160 g/mol. The van der Waals surface area contributed by atoms with E-state index in [4.69, 9.17) is 14.2 Å². The number of esters is 3. The maximum absolute atomic E-state index is 13.0. The first-order chi connectivity index (χ1) is 41.0. The van der Waals surface area contributed by atoms with Crippen molar-refractivity contribution in [1.29, 1.82) is 0 Å². The highest BCUT2D eigenvalue weighted by Gasteiger charge is 2.19. The molecule has 0 aliphatic carbocycles. The Morgan fingerprint density at radius 3 is 0.747 bits per heavy atom. The van der Waals surface area contributed by atoms with E-state index in [-0.39, 0.29) is 31.1 Å². The number of ether oxygens (including phenoxy) is 3. The highest BCUT2D eigenvalue weighted by molar-refractivity contribution is 5.71. The van der Waals surface area contributed by atoms with Gasteiger partial charge in [0.25, 0.3) is 0 Å². The summed E-state index contributed by atoms with van der Waals surface area (Å²) in [6.45, 7) is 6.56. The first-order valence-corrected chi connectivity index (χ1v) is 36.1. The van der Waals surface area contributed by atoms with Gasteiger partial charge in [-0.1, -0.05) is 318 Å². The van der Waals surface area contributed by atoms with Gasteiger partial charge in [0.1, 0.15) is 13.2 Å². The van der Waals surface area contributed by atoms with Gasteiger partial charge < -0.3 is 14.2 Å². The van der Waals surface area contributed by atoms with E-state index in [1.54, 1.807) is 0 Å². The molecule has 0 heterocycles. The molecule has 83 heavy (non-hydrogen) atoms. The smallest absolute Gasteiger partial charge is 0.306 e. The first kappa shape index (κ1) is 79.6. The van der Waals surface area contributed by atoms with Gasteiger partial charge in [0.05, 0.1) is 0 Å². The Hall–Kier alpha value is -3.41. The highest BCUT2D eigenvalue weighted by atomic mass is 16.6. The van der Waals surface area contributed by atoms with Crippen molar-refractivity contribution < 1.29 is 28.6 Å². The Morgan fingerprint density at radius 2 is 0.470 bits per heavy atom. The fraction of sp³-hybridized carbons (Fsp3) is 0.779. The van der Waals surface area contributed by atoms with Gasteiger partial charge in [0.2, 0.25) is 0 Å². The minimum Gasteiger partial charge on any atom is -0.462 e. The summed E-state index contributed by atoms with van der Waals surface area (Å²) < 4.78 is 17.0. The second-order valence-electron chi connectivity index (χ2n) is 24.1. The van der Waals surface area contributed by atoms with Crippen LogP contribution in [0.15, 0.2) is 85.1 Å².